The van der Waals surface area contributed by atoms with Crippen molar-refractivity contribution in [2.75, 3.05) is 0 Å². The molecule has 0 fully saturated rings. The van der Waals surface area contributed by atoms with E-state index in [0.717, 1.165) is 11.3 Å². The maximum Gasteiger partial charge on any atom is 0.332 e. The van der Waals surface area contributed by atoms with E-state index >= 15 is 0 Å². The smallest absolute Gasteiger partial charge is 0.332 e. The van der Waals surface area contributed by atoms with Crippen molar-refractivity contribution < 1.29 is 15.0 Å². The number of aliphatic imine (C=N–C) groups is 1. The van der Waals surface area contributed by atoms with Gasteiger partial charge in [0.1, 0.15) is 0 Å². The summed E-state index contributed by atoms with van der Waals surface area (Å²) in [6.45, 7) is 3.42. The summed E-state index contributed by atoms with van der Waals surface area (Å²) in [7, 11) is 0. The summed E-state index contributed by atoms with van der Waals surface area (Å²) in [5.74, 6) is -1.20. The molecule has 0 aliphatic heterocycles. The van der Waals surface area contributed by atoms with E-state index in [-0.39, 0.29) is 6.42 Å². The Balaban J connectivity index is 2.64. The van der Waals surface area contributed by atoms with Gasteiger partial charge in [0.05, 0.1) is 5.69 Å². The molecule has 15 heavy (non-hydrogen) atoms. The molecule has 0 spiro atoms. The highest BCUT2D eigenvalue weighted by atomic mass is 16.4. The van der Waals surface area contributed by atoms with E-state index in [4.69, 9.17) is 10.2 Å². The summed E-state index contributed by atoms with van der Waals surface area (Å²) in [6, 6.07) is 7.33. The number of carboxylic acid groups (broad SMARTS) is 1. The van der Waals surface area contributed by atoms with Crippen molar-refractivity contribution in [2.24, 2.45) is 4.99 Å². The lowest BCUT2D eigenvalue weighted by atomic mass is 10.1. The monoisotopic (exact) mass is 207 g/mol. The number of rotatable bonds is 5. The maximum atomic E-state index is 10.4. The highest BCUT2D eigenvalue weighted by Crippen LogP contribution is 2.19. The molecule has 1 unspecified atom stereocenters. The van der Waals surface area contributed by atoms with Crippen LogP contribution in [0, 0.1) is 0 Å². The highest BCUT2D eigenvalue weighted by Gasteiger charge is 2.13. The van der Waals surface area contributed by atoms with Crippen LogP contribution in [0.5, 0.6) is 0 Å². The van der Waals surface area contributed by atoms with Crippen molar-refractivity contribution in [1.29, 1.82) is 0 Å². The fraction of sp³-hybridized carbons (Fsp3) is 0.273. The van der Waals surface area contributed by atoms with Gasteiger partial charge in [-0.15, -0.1) is 0 Å². The summed E-state index contributed by atoms with van der Waals surface area (Å²) >= 11 is 0. The number of aliphatic carboxylic acids is 1. The Hall–Kier alpha value is -1.68. The van der Waals surface area contributed by atoms with Crippen molar-refractivity contribution in [1.82, 2.24) is 0 Å². The summed E-state index contributed by atoms with van der Waals surface area (Å²) in [5, 5.41) is 17.6. The zero-order valence-corrected chi connectivity index (χ0v) is 8.26. The SMILES string of the molecule is C=Nc1ccccc1CCC(O)C(=O)O. The normalized spacial score (nSPS) is 12.1. The molecule has 1 rings (SSSR count). The molecule has 80 valence electrons. The number of para-hydroxylation sites is 1. The van der Waals surface area contributed by atoms with Crippen molar-refractivity contribution >= 4 is 18.4 Å². The second-order valence-corrected chi connectivity index (χ2v) is 3.18. The quantitative estimate of drug-likeness (QED) is 0.717. The number of carbonyl (C=O) groups is 1. The van der Waals surface area contributed by atoms with Gasteiger partial charge < -0.3 is 10.2 Å². The Bertz CT molecular complexity index is 363. The van der Waals surface area contributed by atoms with Gasteiger partial charge in [-0.1, -0.05) is 18.2 Å². The fourth-order valence-electron chi connectivity index (χ4n) is 1.29. The van der Waals surface area contributed by atoms with Crippen LogP contribution in [-0.2, 0) is 11.2 Å². The van der Waals surface area contributed by atoms with E-state index in [0.29, 0.717) is 6.42 Å². The minimum Gasteiger partial charge on any atom is -0.479 e. The fourth-order valence-corrected chi connectivity index (χ4v) is 1.29. The molecular weight excluding hydrogens is 194 g/mol. The third-order valence-corrected chi connectivity index (χ3v) is 2.13. The van der Waals surface area contributed by atoms with Gasteiger partial charge in [0, 0.05) is 0 Å². The third-order valence-electron chi connectivity index (χ3n) is 2.13. The van der Waals surface area contributed by atoms with E-state index in [1.807, 2.05) is 18.2 Å². The van der Waals surface area contributed by atoms with E-state index in [9.17, 15) is 4.79 Å². The lowest BCUT2D eigenvalue weighted by Gasteiger charge is -2.07. The molecule has 0 heterocycles. The summed E-state index contributed by atoms with van der Waals surface area (Å²) in [6.07, 6.45) is -0.660. The first-order valence-corrected chi connectivity index (χ1v) is 4.60. The number of carboxylic acids is 1. The number of aliphatic hydroxyl groups excluding tert-OH is 1. The molecule has 0 aliphatic carbocycles. The zero-order chi connectivity index (χ0) is 11.3. The predicted molar refractivity (Wildman–Crippen MR) is 57.6 cm³/mol. The van der Waals surface area contributed by atoms with Crippen LogP contribution in [0.2, 0.25) is 0 Å². The molecule has 0 saturated heterocycles. The maximum absolute atomic E-state index is 10.4. The van der Waals surface area contributed by atoms with E-state index < -0.39 is 12.1 Å². The van der Waals surface area contributed by atoms with Crippen molar-refractivity contribution in [3.05, 3.63) is 29.8 Å². The molecule has 0 aliphatic rings. The number of aliphatic hydroxyl groups is 1. The number of hydrogen-bond acceptors (Lipinski definition) is 3. The van der Waals surface area contributed by atoms with E-state index in [1.165, 1.54) is 0 Å². The Labute approximate surface area is 87.9 Å². The lowest BCUT2D eigenvalue weighted by Crippen LogP contribution is -2.19. The lowest BCUT2D eigenvalue weighted by molar-refractivity contribution is -0.146. The topological polar surface area (TPSA) is 69.9 Å². The molecule has 0 amide bonds. The van der Waals surface area contributed by atoms with Gasteiger partial charge in [0.2, 0.25) is 0 Å². The first kappa shape index (κ1) is 11.4. The average Bonchev–Trinajstić information content (AvgIpc) is 2.26. The second-order valence-electron chi connectivity index (χ2n) is 3.18. The minimum absolute atomic E-state index is 0.182. The number of benzene rings is 1. The van der Waals surface area contributed by atoms with Crippen molar-refractivity contribution in [2.45, 2.75) is 18.9 Å². The van der Waals surface area contributed by atoms with Crippen LogP contribution in [0.15, 0.2) is 29.3 Å². The predicted octanol–water partition coefficient (Wildman–Crippen LogP) is 1.40. The van der Waals surface area contributed by atoms with Gasteiger partial charge in [0.15, 0.2) is 6.10 Å². The Morgan fingerprint density at radius 1 is 1.47 bits per heavy atom. The van der Waals surface area contributed by atoms with Gasteiger partial charge in [0.25, 0.3) is 0 Å². The van der Waals surface area contributed by atoms with E-state index in [1.54, 1.807) is 6.07 Å². The average molecular weight is 207 g/mol. The number of hydrogen-bond donors (Lipinski definition) is 2. The first-order valence-electron chi connectivity index (χ1n) is 4.60. The molecule has 0 radical (unpaired) electrons. The Morgan fingerprint density at radius 2 is 2.13 bits per heavy atom. The highest BCUT2D eigenvalue weighted by molar-refractivity contribution is 5.71. The van der Waals surface area contributed by atoms with Crippen LogP contribution in [0.4, 0.5) is 5.69 Å². The number of aryl methyl sites for hydroxylation is 1. The molecule has 0 saturated carbocycles. The van der Waals surface area contributed by atoms with Crippen LogP contribution >= 0.6 is 0 Å². The summed E-state index contributed by atoms with van der Waals surface area (Å²) in [5.41, 5.74) is 1.63. The molecule has 0 aromatic heterocycles. The molecule has 1 aromatic carbocycles. The number of nitrogens with zero attached hydrogens (tertiary/aromatic N) is 1. The van der Waals surface area contributed by atoms with Crippen molar-refractivity contribution in [3.8, 4) is 0 Å². The van der Waals surface area contributed by atoms with Gasteiger partial charge in [-0.2, -0.15) is 0 Å². The largest absolute Gasteiger partial charge is 0.479 e. The standard InChI is InChI=1S/C11H13NO3/c1-12-9-5-3-2-4-8(9)6-7-10(13)11(14)15/h2-5,10,13H,1,6-7H2,(H,14,15). The van der Waals surface area contributed by atoms with Gasteiger partial charge in [-0.05, 0) is 31.2 Å². The Kier molecular flexibility index (Phi) is 4.00. The van der Waals surface area contributed by atoms with Crippen LogP contribution in [0.3, 0.4) is 0 Å². The minimum atomic E-state index is -1.32. The molecule has 1 atom stereocenters. The van der Waals surface area contributed by atoms with Crippen LogP contribution in [-0.4, -0.2) is 29.0 Å². The summed E-state index contributed by atoms with van der Waals surface area (Å²) in [4.78, 5) is 14.2. The molecule has 1 aromatic rings. The summed E-state index contributed by atoms with van der Waals surface area (Å²) < 4.78 is 0. The molecule has 2 N–H and O–H groups in total. The van der Waals surface area contributed by atoms with Crippen molar-refractivity contribution in [3.63, 3.8) is 0 Å². The van der Waals surface area contributed by atoms with Gasteiger partial charge in [-0.25, -0.2) is 4.79 Å². The molecular formula is C11H13NO3. The molecule has 4 nitrogen and oxygen atoms in total. The van der Waals surface area contributed by atoms with Crippen LogP contribution < -0.4 is 0 Å². The van der Waals surface area contributed by atoms with Gasteiger partial charge >= 0.3 is 5.97 Å². The van der Waals surface area contributed by atoms with Gasteiger partial charge in [-0.3, -0.25) is 4.99 Å². The van der Waals surface area contributed by atoms with Crippen LogP contribution in [0.25, 0.3) is 0 Å². The molecule has 0 bridgehead atoms. The first-order chi connectivity index (χ1) is 7.15. The third kappa shape index (κ3) is 3.18. The Morgan fingerprint density at radius 3 is 2.73 bits per heavy atom. The second kappa shape index (κ2) is 5.26. The van der Waals surface area contributed by atoms with E-state index in [2.05, 4.69) is 11.7 Å². The van der Waals surface area contributed by atoms with Crippen LogP contribution in [0.1, 0.15) is 12.0 Å². The zero-order valence-electron chi connectivity index (χ0n) is 8.26. The molecule has 4 heteroatoms.